The van der Waals surface area contributed by atoms with Gasteiger partial charge in [0, 0.05) is 49.2 Å². The lowest BCUT2D eigenvalue weighted by atomic mass is 10.1. The zero-order valence-corrected chi connectivity index (χ0v) is 20.2. The smallest absolute Gasteiger partial charge is 0.323 e. The monoisotopic (exact) mass is 467 g/mol. The van der Waals surface area contributed by atoms with Gasteiger partial charge in [0.1, 0.15) is 6.10 Å². The van der Waals surface area contributed by atoms with Crippen LogP contribution in [0.3, 0.4) is 0 Å². The minimum atomic E-state index is -0.306. The molecule has 3 N–H and O–H groups in total. The van der Waals surface area contributed by atoms with Gasteiger partial charge in [0.25, 0.3) is 0 Å². The van der Waals surface area contributed by atoms with Gasteiger partial charge in [-0.25, -0.2) is 9.78 Å². The number of aromatic nitrogens is 1. The van der Waals surface area contributed by atoms with E-state index >= 15 is 0 Å². The number of aliphatic hydroxyl groups excluding tert-OH is 1. The molecule has 4 rings (SSSR count). The van der Waals surface area contributed by atoms with Gasteiger partial charge in [0.15, 0.2) is 0 Å². The molecule has 2 aromatic rings. The second-order valence-corrected chi connectivity index (χ2v) is 9.45. The number of rotatable bonds is 9. The lowest BCUT2D eigenvalue weighted by Gasteiger charge is -2.30. The highest BCUT2D eigenvalue weighted by Crippen LogP contribution is 2.26. The molecule has 2 amide bonds. The fourth-order valence-electron chi connectivity index (χ4n) is 4.81. The maximum atomic E-state index is 12.4. The summed E-state index contributed by atoms with van der Waals surface area (Å²) in [5, 5.41) is 14.9. The van der Waals surface area contributed by atoms with Gasteiger partial charge in [-0.15, -0.1) is 0 Å². The van der Waals surface area contributed by atoms with E-state index in [4.69, 9.17) is 4.74 Å². The molecule has 0 radical (unpaired) electrons. The molecule has 1 unspecified atom stereocenters. The van der Waals surface area contributed by atoms with E-state index in [1.807, 2.05) is 30.3 Å². The van der Waals surface area contributed by atoms with Crippen LogP contribution in [-0.2, 0) is 0 Å². The largest absolute Gasteiger partial charge is 0.474 e. The average Bonchev–Trinajstić information content (AvgIpc) is 3.53. The van der Waals surface area contributed by atoms with Gasteiger partial charge >= 0.3 is 6.03 Å². The molecule has 1 aliphatic carbocycles. The Kier molecular flexibility index (Phi) is 8.24. The van der Waals surface area contributed by atoms with Crippen molar-refractivity contribution < 1.29 is 14.6 Å². The van der Waals surface area contributed by atoms with Crippen LogP contribution in [0.25, 0.3) is 0 Å². The topological polar surface area (TPSA) is 90.0 Å². The Hall–Kier alpha value is -2.84. The summed E-state index contributed by atoms with van der Waals surface area (Å²) in [5.41, 5.74) is 2.51. The van der Waals surface area contributed by atoms with Crippen molar-refractivity contribution >= 4 is 23.1 Å². The lowest BCUT2D eigenvalue weighted by Crippen LogP contribution is -2.40. The number of hydrogen-bond donors (Lipinski definition) is 3. The molecule has 34 heavy (non-hydrogen) atoms. The van der Waals surface area contributed by atoms with Crippen molar-refractivity contribution in [3.05, 3.63) is 42.6 Å². The summed E-state index contributed by atoms with van der Waals surface area (Å²) in [6.07, 6.45) is 8.38. The number of anilines is 3. The molecule has 0 bridgehead atoms. The zero-order valence-electron chi connectivity index (χ0n) is 20.2. The number of aliphatic hydroxyl groups is 1. The first-order valence-electron chi connectivity index (χ1n) is 12.4. The van der Waals surface area contributed by atoms with E-state index in [9.17, 15) is 9.90 Å². The second-order valence-electron chi connectivity index (χ2n) is 9.45. The van der Waals surface area contributed by atoms with Crippen molar-refractivity contribution in [1.29, 1.82) is 0 Å². The summed E-state index contributed by atoms with van der Waals surface area (Å²) in [5.74, 6) is 0.603. The minimum absolute atomic E-state index is 0.223. The maximum Gasteiger partial charge on any atom is 0.323 e. The number of carbonyl (C=O) groups is 1. The third-order valence-corrected chi connectivity index (χ3v) is 7.06. The van der Waals surface area contributed by atoms with Crippen molar-refractivity contribution in [2.45, 2.75) is 63.6 Å². The first-order valence-corrected chi connectivity index (χ1v) is 12.4. The number of pyridine rings is 1. The predicted molar refractivity (Wildman–Crippen MR) is 136 cm³/mol. The number of nitrogens with zero attached hydrogens (tertiary/aromatic N) is 3. The highest BCUT2D eigenvalue weighted by atomic mass is 16.5. The zero-order chi connectivity index (χ0) is 23.9. The van der Waals surface area contributed by atoms with E-state index in [2.05, 4.69) is 39.4 Å². The van der Waals surface area contributed by atoms with E-state index in [-0.39, 0.29) is 18.7 Å². The number of benzene rings is 1. The Bertz CT molecular complexity index is 915. The fourth-order valence-corrected chi connectivity index (χ4v) is 4.81. The van der Waals surface area contributed by atoms with Crippen molar-refractivity contribution in [2.24, 2.45) is 0 Å². The average molecular weight is 468 g/mol. The number of amides is 2. The molecule has 2 fully saturated rings. The highest BCUT2D eigenvalue weighted by Gasteiger charge is 2.28. The summed E-state index contributed by atoms with van der Waals surface area (Å²) in [7, 11) is 2.14. The number of ether oxygens (including phenoxy) is 1. The van der Waals surface area contributed by atoms with Crippen LogP contribution in [0.4, 0.5) is 21.9 Å². The molecule has 1 aliphatic heterocycles. The van der Waals surface area contributed by atoms with Gasteiger partial charge < -0.3 is 25.4 Å². The molecule has 184 valence electrons. The van der Waals surface area contributed by atoms with E-state index in [0.717, 1.165) is 50.1 Å². The molecule has 8 heteroatoms. The quantitative estimate of drug-likeness (QED) is 0.509. The van der Waals surface area contributed by atoms with Gasteiger partial charge in [-0.2, -0.15) is 0 Å². The molecule has 8 nitrogen and oxygen atoms in total. The van der Waals surface area contributed by atoms with Crippen LogP contribution in [-0.4, -0.2) is 66.0 Å². The maximum absolute atomic E-state index is 12.4. The standard InChI is InChI=1S/C26H37N5O3/c1-19(14-16-32)30(2)23-13-15-31(18-23)22-10-7-20(8-11-22)28-26(33)29-21-9-12-25(27-17-21)34-24-5-3-4-6-24/h7-12,17,19,23-24,32H,3-6,13-16,18H2,1-2H3,(H2,28,29,33)/t19-,23?/m0/s1. The molecule has 2 atom stereocenters. The van der Waals surface area contributed by atoms with Gasteiger partial charge in [0.05, 0.1) is 11.9 Å². The number of nitrogens with one attached hydrogen (secondary N) is 2. The molecule has 2 heterocycles. The van der Waals surface area contributed by atoms with Crippen LogP contribution in [0.2, 0.25) is 0 Å². The van der Waals surface area contributed by atoms with Crippen molar-refractivity contribution in [2.75, 3.05) is 42.3 Å². The first-order chi connectivity index (χ1) is 16.5. The Morgan fingerprint density at radius 3 is 2.53 bits per heavy atom. The highest BCUT2D eigenvalue weighted by molar-refractivity contribution is 5.99. The fraction of sp³-hybridized carbons (Fsp3) is 0.538. The van der Waals surface area contributed by atoms with Crippen molar-refractivity contribution in [3.8, 4) is 5.88 Å². The summed E-state index contributed by atoms with van der Waals surface area (Å²) in [6.45, 7) is 4.36. The Morgan fingerprint density at radius 1 is 1.15 bits per heavy atom. The normalized spacial score (nSPS) is 19.4. The van der Waals surface area contributed by atoms with E-state index < -0.39 is 0 Å². The van der Waals surface area contributed by atoms with E-state index in [1.165, 1.54) is 12.8 Å². The SMILES string of the molecule is C[C@@H](CCO)N(C)C1CCN(c2ccc(NC(=O)Nc3ccc(OC4CCCC4)nc3)cc2)C1. The summed E-state index contributed by atoms with van der Waals surface area (Å²) in [4.78, 5) is 21.5. The van der Waals surface area contributed by atoms with Gasteiger partial charge in [-0.3, -0.25) is 4.90 Å². The molecule has 1 saturated heterocycles. The van der Waals surface area contributed by atoms with Gasteiger partial charge in [-0.05, 0) is 82.8 Å². The Labute approximate surface area is 202 Å². The molecule has 1 saturated carbocycles. The van der Waals surface area contributed by atoms with Gasteiger partial charge in [-0.1, -0.05) is 0 Å². The van der Waals surface area contributed by atoms with E-state index in [0.29, 0.717) is 23.7 Å². The molecule has 2 aliphatic rings. The lowest BCUT2D eigenvalue weighted by molar-refractivity contribution is 0.159. The van der Waals surface area contributed by atoms with Crippen LogP contribution >= 0.6 is 0 Å². The Balaban J connectivity index is 1.24. The van der Waals surface area contributed by atoms with Crippen molar-refractivity contribution in [3.63, 3.8) is 0 Å². The molecule has 0 spiro atoms. The predicted octanol–water partition coefficient (Wildman–Crippen LogP) is 4.33. The van der Waals surface area contributed by atoms with Crippen LogP contribution < -0.4 is 20.3 Å². The third-order valence-electron chi connectivity index (χ3n) is 7.06. The molecular formula is C26H37N5O3. The summed E-state index contributed by atoms with van der Waals surface area (Å²) >= 11 is 0. The van der Waals surface area contributed by atoms with E-state index in [1.54, 1.807) is 12.3 Å². The first kappa shape index (κ1) is 24.3. The van der Waals surface area contributed by atoms with Crippen LogP contribution in [0, 0.1) is 0 Å². The second kappa shape index (κ2) is 11.5. The molecular weight excluding hydrogens is 430 g/mol. The summed E-state index contributed by atoms with van der Waals surface area (Å²) < 4.78 is 5.87. The van der Waals surface area contributed by atoms with Gasteiger partial charge in [0.2, 0.25) is 5.88 Å². The minimum Gasteiger partial charge on any atom is -0.474 e. The van der Waals surface area contributed by atoms with Crippen molar-refractivity contribution in [1.82, 2.24) is 9.88 Å². The number of urea groups is 1. The number of carbonyl (C=O) groups excluding carboxylic acids is 1. The Morgan fingerprint density at radius 2 is 1.85 bits per heavy atom. The molecule has 1 aromatic heterocycles. The van der Waals surface area contributed by atoms with Crippen LogP contribution in [0.15, 0.2) is 42.6 Å². The number of hydrogen-bond acceptors (Lipinski definition) is 6. The van der Waals surface area contributed by atoms with Crippen LogP contribution in [0.1, 0.15) is 45.4 Å². The molecule has 1 aromatic carbocycles. The van der Waals surface area contributed by atoms with Crippen LogP contribution in [0.5, 0.6) is 5.88 Å². The third kappa shape index (κ3) is 6.39. The number of likely N-dealkylation sites (N-methyl/N-ethyl adjacent to an activating group) is 1. The summed E-state index contributed by atoms with van der Waals surface area (Å²) in [6, 6.07) is 12.1.